The standard InChI is InChI=1S/C24H36N6O3/c1-7-33-19-9-10-20-17(14-19)13-18(23(32)25-20)15-29(11-8-12-31)21(16(2)3)22-26-27-28-30(22)24(4,5)6/h9-10,13-14,16,21,31H,7-8,11-12,15H2,1-6H3,(H,25,32)/t21-/m0/s1. The number of ether oxygens (including phenoxy) is 1. The van der Waals surface area contributed by atoms with E-state index in [1.165, 1.54) is 0 Å². The lowest BCUT2D eigenvalue weighted by Gasteiger charge is -2.35. The van der Waals surface area contributed by atoms with Crippen LogP contribution in [0.25, 0.3) is 10.9 Å². The number of aromatic nitrogens is 5. The largest absolute Gasteiger partial charge is 0.494 e. The molecule has 180 valence electrons. The number of nitrogens with one attached hydrogen (secondary N) is 1. The number of benzene rings is 1. The Morgan fingerprint density at radius 3 is 2.64 bits per heavy atom. The zero-order chi connectivity index (χ0) is 24.2. The van der Waals surface area contributed by atoms with E-state index in [2.05, 4.69) is 60.0 Å². The first-order chi connectivity index (χ1) is 15.7. The van der Waals surface area contributed by atoms with E-state index in [1.54, 1.807) is 0 Å². The summed E-state index contributed by atoms with van der Waals surface area (Å²) in [6.07, 6.45) is 0.584. The quantitative estimate of drug-likeness (QED) is 0.482. The van der Waals surface area contributed by atoms with Crippen LogP contribution in [0, 0.1) is 5.92 Å². The smallest absolute Gasteiger partial charge is 0.252 e. The van der Waals surface area contributed by atoms with Crippen molar-refractivity contribution in [1.82, 2.24) is 30.1 Å². The van der Waals surface area contributed by atoms with Gasteiger partial charge in [-0.15, -0.1) is 5.10 Å². The van der Waals surface area contributed by atoms with Crippen LogP contribution in [0.1, 0.15) is 65.4 Å². The summed E-state index contributed by atoms with van der Waals surface area (Å²) in [4.78, 5) is 18.1. The van der Waals surface area contributed by atoms with Crippen molar-refractivity contribution in [3.05, 3.63) is 46.0 Å². The number of tetrazole rings is 1. The second kappa shape index (κ2) is 10.4. The van der Waals surface area contributed by atoms with Gasteiger partial charge in [-0.05, 0) is 74.7 Å². The van der Waals surface area contributed by atoms with Crippen LogP contribution in [0.15, 0.2) is 29.1 Å². The molecule has 0 radical (unpaired) electrons. The predicted molar refractivity (Wildman–Crippen MR) is 128 cm³/mol. The van der Waals surface area contributed by atoms with Gasteiger partial charge < -0.3 is 14.8 Å². The third-order valence-electron chi connectivity index (χ3n) is 5.60. The fourth-order valence-corrected chi connectivity index (χ4v) is 4.15. The second-order valence-corrected chi connectivity index (χ2v) is 9.66. The van der Waals surface area contributed by atoms with Crippen molar-refractivity contribution in [3.63, 3.8) is 0 Å². The van der Waals surface area contributed by atoms with E-state index in [9.17, 15) is 9.90 Å². The maximum atomic E-state index is 12.9. The van der Waals surface area contributed by atoms with Gasteiger partial charge in [-0.25, -0.2) is 4.68 Å². The summed E-state index contributed by atoms with van der Waals surface area (Å²) in [7, 11) is 0. The topological polar surface area (TPSA) is 109 Å². The number of nitrogens with zero attached hydrogens (tertiary/aromatic N) is 5. The highest BCUT2D eigenvalue weighted by molar-refractivity contribution is 5.80. The lowest BCUT2D eigenvalue weighted by molar-refractivity contribution is 0.116. The molecule has 0 unspecified atom stereocenters. The van der Waals surface area contributed by atoms with Crippen molar-refractivity contribution >= 4 is 10.9 Å². The van der Waals surface area contributed by atoms with Gasteiger partial charge in [0.05, 0.1) is 18.2 Å². The Labute approximate surface area is 194 Å². The molecule has 1 atom stereocenters. The Kier molecular flexibility index (Phi) is 7.86. The minimum absolute atomic E-state index is 0.0668. The highest BCUT2D eigenvalue weighted by Gasteiger charge is 2.32. The summed E-state index contributed by atoms with van der Waals surface area (Å²) in [5.74, 6) is 1.70. The second-order valence-electron chi connectivity index (χ2n) is 9.66. The third-order valence-corrected chi connectivity index (χ3v) is 5.60. The van der Waals surface area contributed by atoms with Crippen molar-refractivity contribution in [2.24, 2.45) is 5.92 Å². The van der Waals surface area contributed by atoms with Gasteiger partial charge in [0.1, 0.15) is 5.75 Å². The maximum Gasteiger partial charge on any atom is 0.252 e. The number of H-pyrrole nitrogens is 1. The summed E-state index contributed by atoms with van der Waals surface area (Å²) >= 11 is 0. The number of aromatic amines is 1. The van der Waals surface area contributed by atoms with E-state index in [0.29, 0.717) is 31.7 Å². The molecule has 1 aromatic carbocycles. The Morgan fingerprint density at radius 2 is 2.00 bits per heavy atom. The molecule has 2 aromatic heterocycles. The van der Waals surface area contributed by atoms with Gasteiger partial charge in [0, 0.05) is 36.2 Å². The van der Waals surface area contributed by atoms with Crippen molar-refractivity contribution in [2.45, 2.75) is 66.1 Å². The molecule has 0 fully saturated rings. The molecule has 0 aliphatic rings. The zero-order valence-corrected chi connectivity index (χ0v) is 20.5. The molecule has 0 spiro atoms. The Balaban J connectivity index is 2.03. The van der Waals surface area contributed by atoms with Crippen LogP contribution < -0.4 is 10.3 Å². The molecule has 33 heavy (non-hydrogen) atoms. The van der Waals surface area contributed by atoms with E-state index in [4.69, 9.17) is 4.74 Å². The van der Waals surface area contributed by atoms with Crippen LogP contribution >= 0.6 is 0 Å². The van der Waals surface area contributed by atoms with Gasteiger partial charge >= 0.3 is 0 Å². The first-order valence-electron chi connectivity index (χ1n) is 11.6. The molecule has 0 aliphatic carbocycles. The fourth-order valence-electron chi connectivity index (χ4n) is 4.15. The summed E-state index contributed by atoms with van der Waals surface area (Å²) in [5.41, 5.74) is 1.00. The van der Waals surface area contributed by atoms with E-state index < -0.39 is 0 Å². The molecule has 9 heteroatoms. The number of pyridine rings is 1. The van der Waals surface area contributed by atoms with Crippen molar-refractivity contribution in [2.75, 3.05) is 19.8 Å². The molecule has 0 saturated carbocycles. The van der Waals surface area contributed by atoms with Gasteiger partial charge in [0.15, 0.2) is 5.82 Å². The number of aliphatic hydroxyl groups is 1. The van der Waals surface area contributed by atoms with Crippen LogP contribution in [-0.4, -0.2) is 55.0 Å². The minimum Gasteiger partial charge on any atom is -0.494 e. The maximum absolute atomic E-state index is 12.9. The monoisotopic (exact) mass is 456 g/mol. The Bertz CT molecular complexity index is 1120. The van der Waals surface area contributed by atoms with Gasteiger partial charge in [0.25, 0.3) is 5.56 Å². The number of hydrogen-bond donors (Lipinski definition) is 2. The molecule has 0 saturated heterocycles. The molecule has 3 aromatic rings. The lowest BCUT2D eigenvalue weighted by Crippen LogP contribution is -2.38. The highest BCUT2D eigenvalue weighted by Crippen LogP contribution is 2.31. The Morgan fingerprint density at radius 1 is 1.24 bits per heavy atom. The summed E-state index contributed by atoms with van der Waals surface area (Å²) in [5, 5.41) is 23.0. The molecule has 2 heterocycles. The molecule has 2 N–H and O–H groups in total. The number of hydrogen-bond acceptors (Lipinski definition) is 7. The van der Waals surface area contributed by atoms with Crippen LogP contribution in [-0.2, 0) is 12.1 Å². The fraction of sp³-hybridized carbons (Fsp3) is 0.583. The van der Waals surface area contributed by atoms with Gasteiger partial charge in [0.2, 0.25) is 0 Å². The first-order valence-corrected chi connectivity index (χ1v) is 11.6. The first kappa shape index (κ1) is 24.9. The molecular weight excluding hydrogens is 420 g/mol. The number of aliphatic hydroxyl groups excluding tert-OH is 1. The normalized spacial score (nSPS) is 13.2. The van der Waals surface area contributed by atoms with Crippen LogP contribution in [0.2, 0.25) is 0 Å². The van der Waals surface area contributed by atoms with Crippen LogP contribution in [0.4, 0.5) is 0 Å². The van der Waals surface area contributed by atoms with Crippen molar-refractivity contribution < 1.29 is 9.84 Å². The van der Waals surface area contributed by atoms with Crippen molar-refractivity contribution in [3.8, 4) is 5.75 Å². The molecule has 9 nitrogen and oxygen atoms in total. The predicted octanol–water partition coefficient (Wildman–Crippen LogP) is 3.25. The van der Waals surface area contributed by atoms with Gasteiger partial charge in [-0.3, -0.25) is 9.69 Å². The molecule has 3 rings (SSSR count). The van der Waals surface area contributed by atoms with Crippen LogP contribution in [0.5, 0.6) is 5.75 Å². The summed E-state index contributed by atoms with van der Waals surface area (Å²) in [6.45, 7) is 14.0. The van der Waals surface area contributed by atoms with Crippen molar-refractivity contribution in [1.29, 1.82) is 0 Å². The van der Waals surface area contributed by atoms with E-state index in [1.807, 2.05) is 35.9 Å². The average Bonchev–Trinajstić information content (AvgIpc) is 3.22. The average molecular weight is 457 g/mol. The third kappa shape index (κ3) is 5.78. The van der Waals surface area contributed by atoms with Crippen LogP contribution in [0.3, 0.4) is 0 Å². The number of fused-ring (bicyclic) bond motifs is 1. The van der Waals surface area contributed by atoms with E-state index >= 15 is 0 Å². The number of rotatable bonds is 10. The summed E-state index contributed by atoms with van der Waals surface area (Å²) < 4.78 is 7.48. The lowest BCUT2D eigenvalue weighted by atomic mass is 9.98. The minimum atomic E-state index is -0.287. The molecule has 0 bridgehead atoms. The molecule has 0 aliphatic heterocycles. The molecular formula is C24H36N6O3. The molecule has 0 amide bonds. The zero-order valence-electron chi connectivity index (χ0n) is 20.5. The van der Waals surface area contributed by atoms with Gasteiger partial charge in [-0.1, -0.05) is 13.8 Å². The SMILES string of the molecule is CCOc1ccc2[nH]c(=O)c(CN(CCCO)[C@H](c3nnnn3C(C)(C)C)C(C)C)cc2c1. The van der Waals surface area contributed by atoms with Gasteiger partial charge in [-0.2, -0.15) is 0 Å². The highest BCUT2D eigenvalue weighted by atomic mass is 16.5. The Hall–Kier alpha value is -2.78. The van der Waals surface area contributed by atoms with E-state index in [0.717, 1.165) is 22.5 Å². The van der Waals surface area contributed by atoms with E-state index in [-0.39, 0.29) is 29.7 Å². The summed E-state index contributed by atoms with van der Waals surface area (Å²) in [6, 6.07) is 7.46.